The van der Waals surface area contributed by atoms with Crippen molar-refractivity contribution in [3.8, 4) is 5.75 Å². The molecule has 0 saturated heterocycles. The molecule has 2 rings (SSSR count). The lowest BCUT2D eigenvalue weighted by Crippen LogP contribution is -2.53. The Hall–Kier alpha value is -3.58. The van der Waals surface area contributed by atoms with Crippen molar-refractivity contribution >= 4 is 12.0 Å². The van der Waals surface area contributed by atoms with Crippen LogP contribution in [0.25, 0.3) is 0 Å². The Morgan fingerprint density at radius 3 is 2.09 bits per heavy atom. The minimum absolute atomic E-state index is 0.239. The van der Waals surface area contributed by atoms with Gasteiger partial charge in [-0.1, -0.05) is 12.1 Å². The highest BCUT2D eigenvalue weighted by Gasteiger charge is 2.45. The summed E-state index contributed by atoms with van der Waals surface area (Å²) in [5, 5.41) is 13.3. The first-order valence-electron chi connectivity index (χ1n) is 9.62. The zero-order valence-electron chi connectivity index (χ0n) is 17.7. The highest BCUT2D eigenvalue weighted by molar-refractivity contribution is 5.79. The van der Waals surface area contributed by atoms with Gasteiger partial charge in [0.25, 0.3) is 5.92 Å². The van der Waals surface area contributed by atoms with E-state index in [0.717, 1.165) is 24.3 Å². The monoisotopic (exact) mass is 514 g/mol. The molecule has 2 amide bonds. The topological polar surface area (TPSA) is 87.7 Å². The zero-order valence-corrected chi connectivity index (χ0v) is 17.7. The van der Waals surface area contributed by atoms with E-state index in [2.05, 4.69) is 10.1 Å². The number of rotatable bonds is 10. The average Bonchev–Trinajstić information content (AvgIpc) is 2.70. The van der Waals surface area contributed by atoms with Crippen LogP contribution in [0.2, 0.25) is 0 Å². The first-order valence-corrected chi connectivity index (χ1v) is 9.62. The predicted octanol–water partition coefficient (Wildman–Crippen LogP) is 4.87. The number of benzene rings is 2. The summed E-state index contributed by atoms with van der Waals surface area (Å²) in [6.07, 6.45) is -10.5. The number of aliphatic carboxylic acids is 1. The van der Waals surface area contributed by atoms with Gasteiger partial charge < -0.3 is 20.5 Å². The van der Waals surface area contributed by atoms with Crippen LogP contribution in [0.4, 0.5) is 39.9 Å². The minimum Gasteiger partial charge on any atom is -0.481 e. The van der Waals surface area contributed by atoms with Crippen LogP contribution in [-0.4, -0.2) is 42.1 Å². The van der Waals surface area contributed by atoms with E-state index in [1.165, 1.54) is 0 Å². The Morgan fingerprint density at radius 1 is 0.971 bits per heavy atom. The second kappa shape index (κ2) is 10.4. The summed E-state index contributed by atoms with van der Waals surface area (Å²) < 4.78 is 110. The molecule has 6 nitrogen and oxygen atoms in total. The molecule has 0 bridgehead atoms. The first-order chi connectivity index (χ1) is 16.0. The van der Waals surface area contributed by atoms with E-state index in [1.54, 1.807) is 5.32 Å². The molecule has 0 heterocycles. The van der Waals surface area contributed by atoms with E-state index in [0.29, 0.717) is 25.1 Å². The average molecular weight is 514 g/mol. The molecule has 3 N–H and O–H groups in total. The molecule has 0 aliphatic heterocycles. The van der Waals surface area contributed by atoms with Gasteiger partial charge in [0.1, 0.15) is 22.9 Å². The van der Waals surface area contributed by atoms with Gasteiger partial charge >= 0.3 is 24.5 Å². The third-order valence-corrected chi connectivity index (χ3v) is 4.51. The third-order valence-electron chi connectivity index (χ3n) is 4.51. The normalized spacial score (nSPS) is 13.8. The van der Waals surface area contributed by atoms with Gasteiger partial charge in [0, 0.05) is 13.0 Å². The van der Waals surface area contributed by atoms with Gasteiger partial charge in [-0.3, -0.25) is 4.79 Å². The minimum atomic E-state index is -5.06. The fourth-order valence-corrected chi connectivity index (χ4v) is 3.06. The van der Waals surface area contributed by atoms with Crippen molar-refractivity contribution in [3.63, 3.8) is 0 Å². The lowest BCUT2D eigenvalue weighted by atomic mass is 9.79. The molecule has 192 valence electrons. The number of carboxylic acids is 1. The maximum absolute atomic E-state index is 14.3. The number of ether oxygens (including phenoxy) is 1. The number of urea groups is 1. The molecule has 1 atom stereocenters. The number of carbonyl (C=O) groups excluding carboxylic acids is 1. The summed E-state index contributed by atoms with van der Waals surface area (Å²) in [5.41, 5.74) is -3.23. The number of amides is 2. The molecule has 2 aromatic carbocycles. The van der Waals surface area contributed by atoms with Crippen LogP contribution < -0.4 is 15.4 Å². The Bertz CT molecular complexity index is 1060. The van der Waals surface area contributed by atoms with Gasteiger partial charge in [-0.25, -0.2) is 22.4 Å². The van der Waals surface area contributed by atoms with Crippen LogP contribution in [0.1, 0.15) is 24.5 Å². The largest absolute Gasteiger partial charge is 0.481 e. The van der Waals surface area contributed by atoms with Gasteiger partial charge in [-0.2, -0.15) is 17.6 Å². The fraction of sp³-hybridized carbons (Fsp3) is 0.333. The van der Waals surface area contributed by atoms with Gasteiger partial charge in [0.05, 0.1) is 13.0 Å². The molecule has 0 aromatic heterocycles. The SMILES string of the molecule is CC(F)(F)CNC(=O)N[C@](CC(=O)O)(c1ccc(F)cc1)c1cc(F)cc(OC(F)(F)C(F)F)c1. The number of hydrogen-bond donors (Lipinski definition) is 3. The number of halogens is 8. The first kappa shape index (κ1) is 27.7. The van der Waals surface area contributed by atoms with E-state index in [9.17, 15) is 49.8 Å². The second-order valence-corrected chi connectivity index (χ2v) is 7.50. The molecule has 0 saturated carbocycles. The van der Waals surface area contributed by atoms with Crippen LogP contribution in [0.3, 0.4) is 0 Å². The van der Waals surface area contributed by atoms with Crippen molar-refractivity contribution in [2.45, 2.75) is 37.3 Å². The van der Waals surface area contributed by atoms with Crippen LogP contribution in [0.5, 0.6) is 5.75 Å². The summed E-state index contributed by atoms with van der Waals surface area (Å²) >= 11 is 0. The molecule has 0 spiro atoms. The maximum atomic E-state index is 14.3. The van der Waals surface area contributed by atoms with E-state index in [4.69, 9.17) is 0 Å². The van der Waals surface area contributed by atoms with E-state index >= 15 is 0 Å². The number of carboxylic acid groups (broad SMARTS) is 1. The molecule has 14 heteroatoms. The van der Waals surface area contributed by atoms with Crippen molar-refractivity contribution in [2.24, 2.45) is 0 Å². The van der Waals surface area contributed by atoms with E-state index in [-0.39, 0.29) is 5.56 Å². The summed E-state index contributed by atoms with van der Waals surface area (Å²) in [6.45, 7) is -0.735. The van der Waals surface area contributed by atoms with Gasteiger partial charge in [-0.05, 0) is 35.4 Å². The standard InChI is InChI=1S/C21H18F8N2O4/c1-19(26,27)10-30-18(34)31-20(9-16(32)33,11-2-4-13(22)5-3-11)12-6-14(23)8-15(7-12)35-21(28,29)17(24)25/h2-8,17H,9-10H2,1H3,(H,32,33)(H2,30,31,34)/t20-/m1/s1. The van der Waals surface area contributed by atoms with Crippen LogP contribution in [-0.2, 0) is 10.3 Å². The highest BCUT2D eigenvalue weighted by Crippen LogP contribution is 2.37. The van der Waals surface area contributed by atoms with Crippen LogP contribution in [0, 0.1) is 11.6 Å². The number of nitrogens with one attached hydrogen (secondary N) is 2. The van der Waals surface area contributed by atoms with Crippen molar-refractivity contribution in [3.05, 3.63) is 65.2 Å². The van der Waals surface area contributed by atoms with Gasteiger partial charge in [-0.15, -0.1) is 0 Å². The molecule has 0 radical (unpaired) electrons. The zero-order chi connectivity index (χ0) is 26.6. The summed E-state index contributed by atoms with van der Waals surface area (Å²) in [6, 6.07) is 3.63. The Morgan fingerprint density at radius 2 is 1.57 bits per heavy atom. The van der Waals surface area contributed by atoms with E-state index in [1.807, 2.05) is 0 Å². The molecule has 0 unspecified atom stereocenters. The molecule has 0 aliphatic rings. The summed E-state index contributed by atoms with van der Waals surface area (Å²) in [4.78, 5) is 24.1. The van der Waals surface area contributed by atoms with Crippen molar-refractivity contribution in [1.29, 1.82) is 0 Å². The van der Waals surface area contributed by atoms with Crippen molar-refractivity contribution in [1.82, 2.24) is 10.6 Å². The van der Waals surface area contributed by atoms with Crippen LogP contribution >= 0.6 is 0 Å². The van der Waals surface area contributed by atoms with Crippen molar-refractivity contribution in [2.75, 3.05) is 6.54 Å². The van der Waals surface area contributed by atoms with Gasteiger partial charge in [0.15, 0.2) is 0 Å². The van der Waals surface area contributed by atoms with Gasteiger partial charge in [0.2, 0.25) is 0 Å². The summed E-state index contributed by atoms with van der Waals surface area (Å²) in [7, 11) is 0. The lowest BCUT2D eigenvalue weighted by Gasteiger charge is -2.35. The molecular weight excluding hydrogens is 496 g/mol. The third kappa shape index (κ3) is 7.45. The fourth-order valence-electron chi connectivity index (χ4n) is 3.06. The quantitative estimate of drug-likeness (QED) is 0.395. The molecular formula is C21H18F8N2O4. The van der Waals surface area contributed by atoms with E-state index < -0.39 is 71.9 Å². The summed E-state index contributed by atoms with van der Waals surface area (Å²) in [5.74, 6) is -8.37. The maximum Gasteiger partial charge on any atom is 0.461 e. The Labute approximate surface area is 192 Å². The lowest BCUT2D eigenvalue weighted by molar-refractivity contribution is -0.253. The molecule has 2 aromatic rings. The smallest absolute Gasteiger partial charge is 0.461 e. The number of carbonyl (C=O) groups is 2. The van der Waals surface area contributed by atoms with Crippen molar-refractivity contribution < 1.29 is 54.6 Å². The predicted molar refractivity (Wildman–Crippen MR) is 105 cm³/mol. The molecule has 0 aliphatic carbocycles. The molecule has 0 fully saturated rings. The number of alkyl halides is 6. The molecule has 35 heavy (non-hydrogen) atoms. The van der Waals surface area contributed by atoms with Crippen LogP contribution in [0.15, 0.2) is 42.5 Å². The Kier molecular flexibility index (Phi) is 8.19. The Balaban J connectivity index is 2.69. The highest BCUT2D eigenvalue weighted by atomic mass is 19.3. The second-order valence-electron chi connectivity index (χ2n) is 7.50. The number of hydrogen-bond acceptors (Lipinski definition) is 3.